The predicted octanol–water partition coefficient (Wildman–Crippen LogP) is 4.96. The van der Waals surface area contributed by atoms with E-state index in [-0.39, 0.29) is 11.6 Å². The van der Waals surface area contributed by atoms with E-state index in [1.807, 2.05) is 7.05 Å². The third-order valence-electron chi connectivity index (χ3n) is 5.39. The molecule has 3 aromatic heterocycles. The monoisotopic (exact) mass is 440 g/mol. The summed E-state index contributed by atoms with van der Waals surface area (Å²) in [5.74, 6) is 0.605. The number of hydrogen-bond donors (Lipinski definition) is 2. The highest BCUT2D eigenvalue weighted by molar-refractivity contribution is 6.05. The van der Waals surface area contributed by atoms with Gasteiger partial charge in [0.15, 0.2) is 5.69 Å². The van der Waals surface area contributed by atoms with Crippen LogP contribution in [0.2, 0.25) is 0 Å². The lowest BCUT2D eigenvalue weighted by Gasteiger charge is -2.10. The van der Waals surface area contributed by atoms with Crippen LogP contribution in [-0.4, -0.2) is 25.1 Å². The number of imidazole rings is 1. The van der Waals surface area contributed by atoms with Crippen molar-refractivity contribution in [3.63, 3.8) is 0 Å². The number of carbonyl (C=O) groups excluding carboxylic acids is 1. The number of hydrogen-bond acceptors (Lipinski definition) is 4. The number of amides is 1. The van der Waals surface area contributed by atoms with Crippen LogP contribution in [0, 0.1) is 0 Å². The number of nitrogens with zero attached hydrogens (tertiary/aromatic N) is 4. The maximum atomic E-state index is 13.0. The van der Waals surface area contributed by atoms with Gasteiger partial charge in [-0.1, -0.05) is 6.07 Å². The van der Waals surface area contributed by atoms with E-state index in [0.29, 0.717) is 28.7 Å². The van der Waals surface area contributed by atoms with Crippen LogP contribution in [0.15, 0.2) is 54.9 Å². The lowest BCUT2D eigenvalue weighted by molar-refractivity contribution is -0.140. The largest absolute Gasteiger partial charge is 0.434 e. The molecule has 1 aromatic carbocycles. The molecule has 164 valence electrons. The van der Waals surface area contributed by atoms with Crippen molar-refractivity contribution >= 4 is 28.7 Å². The van der Waals surface area contributed by atoms with Gasteiger partial charge in [0.25, 0.3) is 5.91 Å². The Morgan fingerprint density at radius 2 is 1.81 bits per heavy atom. The third-order valence-corrected chi connectivity index (χ3v) is 5.39. The van der Waals surface area contributed by atoms with Gasteiger partial charge < -0.3 is 10.6 Å². The fraction of sp³-hybridized carbons (Fsp3) is 0.227. The van der Waals surface area contributed by atoms with E-state index in [4.69, 9.17) is 0 Å². The number of fused-ring (bicyclic) bond motifs is 1. The van der Waals surface area contributed by atoms with Crippen molar-refractivity contribution in [2.45, 2.75) is 24.9 Å². The molecule has 5 rings (SSSR count). The first-order valence-corrected chi connectivity index (χ1v) is 10.1. The number of halogens is 3. The molecule has 10 heteroatoms. The Labute approximate surface area is 180 Å². The van der Waals surface area contributed by atoms with Gasteiger partial charge in [-0.05, 0) is 49.2 Å². The molecule has 0 aliphatic heterocycles. The molecule has 0 spiro atoms. The number of aryl methyl sites for hydroxylation is 1. The Hall–Kier alpha value is -3.82. The molecular formula is C22H19F3N6O. The van der Waals surface area contributed by atoms with Gasteiger partial charge in [-0.25, -0.2) is 4.98 Å². The Balaban J connectivity index is 1.32. The minimum absolute atomic E-state index is 0.189. The highest BCUT2D eigenvalue weighted by Crippen LogP contribution is 2.41. The molecule has 2 N–H and O–H groups in total. The van der Waals surface area contributed by atoms with Crippen molar-refractivity contribution in [1.82, 2.24) is 19.2 Å². The van der Waals surface area contributed by atoms with Crippen LogP contribution in [0.4, 0.5) is 30.4 Å². The normalized spacial score (nSPS) is 14.0. The number of pyridine rings is 1. The summed E-state index contributed by atoms with van der Waals surface area (Å²) in [6, 6.07) is 11.7. The second kappa shape index (κ2) is 7.40. The Morgan fingerprint density at radius 1 is 1.09 bits per heavy atom. The first-order valence-electron chi connectivity index (χ1n) is 10.1. The maximum Gasteiger partial charge on any atom is 0.434 e. The molecule has 3 heterocycles. The average molecular weight is 440 g/mol. The van der Waals surface area contributed by atoms with E-state index in [1.54, 1.807) is 47.3 Å². The van der Waals surface area contributed by atoms with Crippen molar-refractivity contribution in [2.24, 2.45) is 7.05 Å². The summed E-state index contributed by atoms with van der Waals surface area (Å²) in [4.78, 5) is 16.3. The first-order chi connectivity index (χ1) is 15.3. The van der Waals surface area contributed by atoms with Gasteiger partial charge in [0.1, 0.15) is 11.5 Å². The topological polar surface area (TPSA) is 76.2 Å². The molecule has 0 unspecified atom stereocenters. The first kappa shape index (κ1) is 20.1. The molecule has 1 aliphatic carbocycles. The summed E-state index contributed by atoms with van der Waals surface area (Å²) < 4.78 is 42.1. The van der Waals surface area contributed by atoms with Gasteiger partial charge in [-0.15, -0.1) is 0 Å². The highest BCUT2D eigenvalue weighted by atomic mass is 19.4. The second-order valence-corrected chi connectivity index (χ2v) is 7.76. The zero-order valence-electron chi connectivity index (χ0n) is 17.0. The minimum Gasteiger partial charge on any atom is -0.341 e. The fourth-order valence-corrected chi connectivity index (χ4v) is 3.70. The number of anilines is 3. The van der Waals surface area contributed by atoms with Crippen LogP contribution >= 0.6 is 0 Å². The summed E-state index contributed by atoms with van der Waals surface area (Å²) in [6.45, 7) is 0. The summed E-state index contributed by atoms with van der Waals surface area (Å²) in [5, 5.41) is 10.2. The number of nitrogens with one attached hydrogen (secondary N) is 2. The summed E-state index contributed by atoms with van der Waals surface area (Å²) in [7, 11) is 1.84. The SMILES string of the molecule is Cn1ncc(C(=O)Nc2ccc(Nc3cccc4nc(C(F)(F)F)cn34)cc2)c1C1CC1. The highest BCUT2D eigenvalue weighted by Gasteiger charge is 2.34. The molecule has 32 heavy (non-hydrogen) atoms. The third kappa shape index (κ3) is 3.79. The van der Waals surface area contributed by atoms with Gasteiger partial charge >= 0.3 is 6.18 Å². The molecule has 1 amide bonds. The second-order valence-electron chi connectivity index (χ2n) is 7.76. The standard InChI is InChI=1S/C22H19F3N6O/c1-30-20(13-5-6-13)16(11-26-30)21(32)28-15-9-7-14(8-10-15)27-18-3-2-4-19-29-17(12-31(18)19)22(23,24)25/h2-4,7-13,27H,5-6H2,1H3,(H,28,32). The molecule has 7 nitrogen and oxygen atoms in total. The maximum absolute atomic E-state index is 13.0. The van der Waals surface area contributed by atoms with Gasteiger partial charge in [-0.3, -0.25) is 13.9 Å². The van der Waals surface area contributed by atoms with Gasteiger partial charge in [0.2, 0.25) is 0 Å². The van der Waals surface area contributed by atoms with E-state index in [1.165, 1.54) is 10.5 Å². The average Bonchev–Trinajstić information content (AvgIpc) is 3.34. The van der Waals surface area contributed by atoms with Crippen LogP contribution < -0.4 is 10.6 Å². The lowest BCUT2D eigenvalue weighted by atomic mass is 10.1. The molecule has 0 radical (unpaired) electrons. The number of alkyl halides is 3. The zero-order chi connectivity index (χ0) is 22.5. The predicted molar refractivity (Wildman–Crippen MR) is 113 cm³/mol. The summed E-state index contributed by atoms with van der Waals surface area (Å²) in [6.07, 6.45) is 0.150. The molecule has 1 aliphatic rings. The van der Waals surface area contributed by atoms with Crippen LogP contribution in [0.25, 0.3) is 5.65 Å². The smallest absolute Gasteiger partial charge is 0.341 e. The molecule has 0 saturated heterocycles. The summed E-state index contributed by atoms with van der Waals surface area (Å²) >= 11 is 0. The molecule has 1 saturated carbocycles. The zero-order valence-corrected chi connectivity index (χ0v) is 17.0. The van der Waals surface area contributed by atoms with E-state index in [2.05, 4.69) is 20.7 Å². The van der Waals surface area contributed by atoms with Crippen molar-refractivity contribution in [1.29, 1.82) is 0 Å². The van der Waals surface area contributed by atoms with Crippen molar-refractivity contribution in [2.75, 3.05) is 10.6 Å². The van der Waals surface area contributed by atoms with Gasteiger partial charge in [0, 0.05) is 30.5 Å². The van der Waals surface area contributed by atoms with Crippen LogP contribution in [-0.2, 0) is 13.2 Å². The fourth-order valence-electron chi connectivity index (χ4n) is 3.70. The Morgan fingerprint density at radius 3 is 2.50 bits per heavy atom. The molecule has 4 aromatic rings. The summed E-state index contributed by atoms with van der Waals surface area (Å²) in [5.41, 5.74) is 2.01. The van der Waals surface area contributed by atoms with Crippen LogP contribution in [0.3, 0.4) is 0 Å². The quantitative estimate of drug-likeness (QED) is 0.460. The Bertz CT molecular complexity index is 1300. The molecule has 1 fully saturated rings. The Kier molecular flexibility index (Phi) is 4.65. The minimum atomic E-state index is -4.52. The van der Waals surface area contributed by atoms with Crippen LogP contribution in [0.1, 0.15) is 40.5 Å². The van der Waals surface area contributed by atoms with E-state index >= 15 is 0 Å². The van der Waals surface area contributed by atoms with Crippen LogP contribution in [0.5, 0.6) is 0 Å². The van der Waals surface area contributed by atoms with Gasteiger partial charge in [0.05, 0.1) is 17.5 Å². The number of aromatic nitrogens is 4. The number of rotatable bonds is 5. The molecular weight excluding hydrogens is 421 g/mol. The van der Waals surface area contributed by atoms with Gasteiger partial charge in [-0.2, -0.15) is 18.3 Å². The number of carbonyl (C=O) groups is 1. The van der Waals surface area contributed by atoms with Crippen molar-refractivity contribution in [3.8, 4) is 0 Å². The number of benzene rings is 1. The van der Waals surface area contributed by atoms with Crippen molar-refractivity contribution < 1.29 is 18.0 Å². The van der Waals surface area contributed by atoms with E-state index in [0.717, 1.165) is 24.7 Å². The lowest BCUT2D eigenvalue weighted by Crippen LogP contribution is -2.14. The molecule has 0 atom stereocenters. The van der Waals surface area contributed by atoms with E-state index < -0.39 is 11.9 Å². The molecule has 0 bridgehead atoms. The van der Waals surface area contributed by atoms with E-state index in [9.17, 15) is 18.0 Å². The van der Waals surface area contributed by atoms with Crippen molar-refractivity contribution in [3.05, 3.63) is 71.8 Å².